The highest BCUT2D eigenvalue weighted by Gasteiger charge is 2.29. The molecule has 11 heteroatoms. The van der Waals surface area contributed by atoms with Crippen molar-refractivity contribution in [3.63, 3.8) is 0 Å². The van der Waals surface area contributed by atoms with Crippen LogP contribution in [0.3, 0.4) is 0 Å². The lowest BCUT2D eigenvalue weighted by atomic mass is 10.2. The molecule has 2 aromatic rings. The predicted molar refractivity (Wildman–Crippen MR) is 108 cm³/mol. The van der Waals surface area contributed by atoms with E-state index in [1.165, 1.54) is 30.3 Å². The highest BCUT2D eigenvalue weighted by Crippen LogP contribution is 2.27. The largest absolute Gasteiger partial charge is 0.480 e. The van der Waals surface area contributed by atoms with Crippen molar-refractivity contribution in [1.82, 2.24) is 9.80 Å². The second-order valence-corrected chi connectivity index (χ2v) is 8.26. The summed E-state index contributed by atoms with van der Waals surface area (Å²) in [5, 5.41) is 10.7. The van der Waals surface area contributed by atoms with Gasteiger partial charge in [0.05, 0.1) is 14.3 Å². The zero-order valence-electron chi connectivity index (χ0n) is 15.3. The number of amides is 2. The quantitative estimate of drug-likeness (QED) is 0.478. The number of nitrogens with zero attached hydrogens (tertiary/aromatic N) is 3. The predicted octanol–water partition coefficient (Wildman–Crippen LogP) is 3.31. The van der Waals surface area contributed by atoms with Crippen molar-refractivity contribution in [3.05, 3.63) is 55.6 Å². The van der Waals surface area contributed by atoms with E-state index in [1.54, 1.807) is 16.7 Å². The van der Waals surface area contributed by atoms with Gasteiger partial charge >= 0.3 is 5.00 Å². The van der Waals surface area contributed by atoms with Gasteiger partial charge in [-0.3, -0.25) is 19.7 Å². The van der Waals surface area contributed by atoms with Crippen LogP contribution in [-0.4, -0.2) is 58.8 Å². The standard InChI is InChI=1S/C18H17BrFN3O5S/c1-11(28-14-3-2-12(20)10-13(14)19)17(24)21-6-8-22(9-7-21)18(25)15-4-5-16(29-15)23(26)27/h2-5,10-11H,6-9H2,1H3. The number of nitro groups is 1. The van der Waals surface area contributed by atoms with Gasteiger partial charge in [0, 0.05) is 32.2 Å². The molecule has 2 amide bonds. The van der Waals surface area contributed by atoms with Gasteiger partial charge in [0.25, 0.3) is 11.8 Å². The molecule has 1 atom stereocenters. The van der Waals surface area contributed by atoms with Crippen LogP contribution < -0.4 is 4.74 Å². The van der Waals surface area contributed by atoms with E-state index in [0.717, 1.165) is 11.3 Å². The molecule has 0 bridgehead atoms. The first-order valence-corrected chi connectivity index (χ1v) is 10.3. The molecule has 154 valence electrons. The molecule has 8 nitrogen and oxygen atoms in total. The molecule has 3 rings (SSSR count). The van der Waals surface area contributed by atoms with E-state index in [2.05, 4.69) is 15.9 Å². The first kappa shape index (κ1) is 21.2. The van der Waals surface area contributed by atoms with Gasteiger partial charge in [0.1, 0.15) is 11.6 Å². The average molecular weight is 486 g/mol. The first-order valence-electron chi connectivity index (χ1n) is 8.70. The minimum absolute atomic E-state index is 0.0832. The van der Waals surface area contributed by atoms with Crippen LogP contribution >= 0.6 is 27.3 Å². The Morgan fingerprint density at radius 2 is 1.86 bits per heavy atom. The van der Waals surface area contributed by atoms with Gasteiger partial charge in [0.15, 0.2) is 6.10 Å². The van der Waals surface area contributed by atoms with Crippen molar-refractivity contribution in [2.24, 2.45) is 0 Å². The lowest BCUT2D eigenvalue weighted by Crippen LogP contribution is -2.53. The highest BCUT2D eigenvalue weighted by atomic mass is 79.9. The van der Waals surface area contributed by atoms with Crippen LogP contribution in [0.15, 0.2) is 34.8 Å². The van der Waals surface area contributed by atoms with Gasteiger partial charge < -0.3 is 14.5 Å². The van der Waals surface area contributed by atoms with Crippen LogP contribution in [0.2, 0.25) is 0 Å². The summed E-state index contributed by atoms with van der Waals surface area (Å²) in [6, 6.07) is 6.70. The van der Waals surface area contributed by atoms with Gasteiger partial charge in [-0.2, -0.15) is 0 Å². The zero-order valence-corrected chi connectivity index (χ0v) is 17.7. The van der Waals surface area contributed by atoms with Gasteiger partial charge in [-0.25, -0.2) is 4.39 Å². The monoisotopic (exact) mass is 485 g/mol. The third kappa shape index (κ3) is 4.91. The third-order valence-electron chi connectivity index (χ3n) is 4.41. The smallest absolute Gasteiger partial charge is 0.324 e. The van der Waals surface area contributed by atoms with Crippen molar-refractivity contribution in [2.75, 3.05) is 26.2 Å². The maximum absolute atomic E-state index is 13.2. The molecule has 1 aliphatic rings. The summed E-state index contributed by atoms with van der Waals surface area (Å²) in [5.74, 6) is -0.574. The van der Waals surface area contributed by atoms with E-state index in [0.29, 0.717) is 41.3 Å². The van der Waals surface area contributed by atoms with Crippen molar-refractivity contribution in [1.29, 1.82) is 0 Å². The first-order chi connectivity index (χ1) is 13.8. The number of thiophene rings is 1. The number of hydrogen-bond acceptors (Lipinski definition) is 6. The fourth-order valence-electron chi connectivity index (χ4n) is 2.90. The maximum Gasteiger partial charge on any atom is 0.324 e. The molecule has 1 saturated heterocycles. The summed E-state index contributed by atoms with van der Waals surface area (Å²) < 4.78 is 19.2. The topological polar surface area (TPSA) is 93.0 Å². The lowest BCUT2D eigenvalue weighted by molar-refractivity contribution is -0.380. The molecule has 29 heavy (non-hydrogen) atoms. The van der Waals surface area contributed by atoms with Gasteiger partial charge in [-0.05, 0) is 47.1 Å². The lowest BCUT2D eigenvalue weighted by Gasteiger charge is -2.35. The Morgan fingerprint density at radius 1 is 1.21 bits per heavy atom. The number of benzene rings is 1. The summed E-state index contributed by atoms with van der Waals surface area (Å²) in [7, 11) is 0. The Morgan fingerprint density at radius 3 is 2.45 bits per heavy atom. The maximum atomic E-state index is 13.2. The second-order valence-electron chi connectivity index (χ2n) is 6.35. The second kappa shape index (κ2) is 8.87. The fraction of sp³-hybridized carbons (Fsp3) is 0.333. The van der Waals surface area contributed by atoms with Crippen LogP contribution in [0.25, 0.3) is 0 Å². The normalized spacial score (nSPS) is 15.1. The Kier molecular flexibility index (Phi) is 6.48. The molecular formula is C18H17BrFN3O5S. The molecule has 0 aliphatic carbocycles. The van der Waals surface area contributed by atoms with Crippen molar-refractivity contribution >= 4 is 44.1 Å². The molecule has 2 heterocycles. The minimum Gasteiger partial charge on any atom is -0.480 e. The Bertz CT molecular complexity index is 945. The van der Waals surface area contributed by atoms with Gasteiger partial charge in [-0.15, -0.1) is 0 Å². The van der Waals surface area contributed by atoms with E-state index in [4.69, 9.17) is 4.74 Å². The molecule has 1 aromatic carbocycles. The summed E-state index contributed by atoms with van der Waals surface area (Å²) in [6.07, 6.45) is -0.779. The average Bonchev–Trinajstić information content (AvgIpc) is 3.19. The molecule has 1 aliphatic heterocycles. The SMILES string of the molecule is CC(Oc1ccc(F)cc1Br)C(=O)N1CCN(C(=O)c2ccc([N+](=O)[O-])s2)CC1. The van der Waals surface area contributed by atoms with Crippen molar-refractivity contribution in [3.8, 4) is 5.75 Å². The number of ether oxygens (including phenoxy) is 1. The van der Waals surface area contributed by atoms with Crippen LogP contribution in [0.5, 0.6) is 5.75 Å². The number of carbonyl (C=O) groups is 2. The van der Waals surface area contributed by atoms with Crippen LogP contribution in [0.4, 0.5) is 9.39 Å². The van der Waals surface area contributed by atoms with Gasteiger partial charge in [-0.1, -0.05) is 11.3 Å². The van der Waals surface area contributed by atoms with E-state index in [-0.39, 0.29) is 16.8 Å². The fourth-order valence-corrected chi connectivity index (χ4v) is 4.13. The Labute approximate surface area is 178 Å². The van der Waals surface area contributed by atoms with Crippen LogP contribution in [0.1, 0.15) is 16.6 Å². The van der Waals surface area contributed by atoms with Crippen LogP contribution in [0, 0.1) is 15.9 Å². The molecular weight excluding hydrogens is 469 g/mol. The van der Waals surface area contributed by atoms with E-state index >= 15 is 0 Å². The molecule has 1 unspecified atom stereocenters. The highest BCUT2D eigenvalue weighted by molar-refractivity contribution is 9.10. The molecule has 0 N–H and O–H groups in total. The molecule has 0 saturated carbocycles. The Balaban J connectivity index is 1.55. The summed E-state index contributed by atoms with van der Waals surface area (Å²) >= 11 is 4.04. The van der Waals surface area contributed by atoms with Crippen LogP contribution in [-0.2, 0) is 4.79 Å². The van der Waals surface area contributed by atoms with Crippen molar-refractivity contribution < 1.29 is 23.6 Å². The third-order valence-corrected chi connectivity index (χ3v) is 6.05. The number of carbonyl (C=O) groups excluding carboxylic acids is 2. The molecule has 0 radical (unpaired) electrons. The van der Waals surface area contributed by atoms with Gasteiger partial charge in [0.2, 0.25) is 0 Å². The summed E-state index contributed by atoms with van der Waals surface area (Å²) in [6.45, 7) is 2.92. The summed E-state index contributed by atoms with van der Waals surface area (Å²) in [5.41, 5.74) is 0. The number of halogens is 2. The Hall–Kier alpha value is -2.53. The minimum atomic E-state index is -0.779. The van der Waals surface area contributed by atoms with E-state index < -0.39 is 16.8 Å². The van der Waals surface area contributed by atoms with Crippen molar-refractivity contribution in [2.45, 2.75) is 13.0 Å². The molecule has 1 fully saturated rings. The van der Waals surface area contributed by atoms with E-state index in [1.807, 2.05) is 0 Å². The number of hydrogen-bond donors (Lipinski definition) is 0. The zero-order chi connectivity index (χ0) is 21.1. The summed E-state index contributed by atoms with van der Waals surface area (Å²) in [4.78, 5) is 38.9. The van der Waals surface area contributed by atoms with E-state index in [9.17, 15) is 24.1 Å². The number of piperazine rings is 1. The molecule has 1 aromatic heterocycles. The number of rotatable bonds is 5. The molecule has 0 spiro atoms.